The molecule has 1 aromatic heterocycles. The highest BCUT2D eigenvalue weighted by Gasteiger charge is 2.20. The molecule has 1 aliphatic rings. The summed E-state index contributed by atoms with van der Waals surface area (Å²) in [5, 5.41) is 5.59. The zero-order chi connectivity index (χ0) is 20.8. The Labute approximate surface area is 176 Å². The van der Waals surface area contributed by atoms with E-state index in [2.05, 4.69) is 34.3 Å². The van der Waals surface area contributed by atoms with Crippen LogP contribution in [0.5, 0.6) is 0 Å². The fourth-order valence-electron chi connectivity index (χ4n) is 4.06. The summed E-state index contributed by atoms with van der Waals surface area (Å²) in [7, 11) is 0. The number of carbonyl (C=O) groups is 1. The van der Waals surface area contributed by atoms with Crippen molar-refractivity contribution in [2.24, 2.45) is 0 Å². The van der Waals surface area contributed by atoms with E-state index < -0.39 is 0 Å². The molecule has 1 amide bonds. The van der Waals surface area contributed by atoms with Gasteiger partial charge in [0, 0.05) is 25.0 Å². The van der Waals surface area contributed by atoms with Gasteiger partial charge in [0.25, 0.3) is 5.56 Å². The predicted molar refractivity (Wildman–Crippen MR) is 118 cm³/mol. The van der Waals surface area contributed by atoms with E-state index in [4.69, 9.17) is 0 Å². The maximum Gasteiger partial charge on any atom is 0.275 e. The van der Waals surface area contributed by atoms with Crippen LogP contribution < -0.4 is 5.56 Å². The predicted octanol–water partition coefficient (Wildman–Crippen LogP) is 2.56. The first-order valence-corrected chi connectivity index (χ1v) is 10.7. The molecule has 1 fully saturated rings. The van der Waals surface area contributed by atoms with E-state index in [9.17, 15) is 9.59 Å². The molecule has 30 heavy (non-hydrogen) atoms. The lowest BCUT2D eigenvalue weighted by Crippen LogP contribution is -2.39. The Balaban J connectivity index is 1.30. The summed E-state index contributed by atoms with van der Waals surface area (Å²) in [4.78, 5) is 29.8. The Morgan fingerprint density at radius 3 is 2.60 bits per heavy atom. The van der Waals surface area contributed by atoms with Crippen LogP contribution >= 0.6 is 0 Å². The van der Waals surface area contributed by atoms with E-state index in [1.807, 2.05) is 29.2 Å². The number of hydrogen-bond acceptors (Lipinski definition) is 4. The molecule has 3 aromatic rings. The van der Waals surface area contributed by atoms with E-state index in [1.54, 1.807) is 12.3 Å². The Bertz CT molecular complexity index is 1050. The van der Waals surface area contributed by atoms with Crippen molar-refractivity contribution in [1.82, 2.24) is 19.6 Å². The van der Waals surface area contributed by atoms with E-state index in [0.717, 1.165) is 50.8 Å². The molecule has 0 radical (unpaired) electrons. The fraction of sp³-hybridized carbons (Fsp3) is 0.375. The molecule has 0 N–H and O–H groups in total. The van der Waals surface area contributed by atoms with Crippen LogP contribution in [0, 0.1) is 0 Å². The molecule has 0 bridgehead atoms. The van der Waals surface area contributed by atoms with Gasteiger partial charge in [0.2, 0.25) is 5.91 Å². The number of hydrogen-bond donors (Lipinski definition) is 0. The number of aromatic nitrogens is 2. The minimum absolute atomic E-state index is 0.00231. The molecule has 1 saturated heterocycles. The van der Waals surface area contributed by atoms with Gasteiger partial charge in [-0.3, -0.25) is 9.59 Å². The highest BCUT2D eigenvalue weighted by atomic mass is 16.2. The number of nitrogens with zero attached hydrogens (tertiary/aromatic N) is 4. The third-order valence-corrected chi connectivity index (χ3v) is 5.77. The molecule has 1 aliphatic heterocycles. The lowest BCUT2D eigenvalue weighted by molar-refractivity contribution is -0.132. The number of benzene rings is 2. The van der Waals surface area contributed by atoms with Crippen molar-refractivity contribution in [3.05, 3.63) is 76.7 Å². The van der Waals surface area contributed by atoms with Gasteiger partial charge in [-0.05, 0) is 44.0 Å². The SMILES string of the molecule is O=C(Cn1ncc2ccccc2c1=O)N1CCCN(CCCc2ccccc2)CC1. The highest BCUT2D eigenvalue weighted by Crippen LogP contribution is 2.09. The third kappa shape index (κ3) is 4.94. The van der Waals surface area contributed by atoms with Crippen LogP contribution in [0.3, 0.4) is 0 Å². The second kappa shape index (κ2) is 9.67. The van der Waals surface area contributed by atoms with Crippen LogP contribution in [0.2, 0.25) is 0 Å². The van der Waals surface area contributed by atoms with Gasteiger partial charge in [0.05, 0.1) is 11.6 Å². The molecule has 0 spiro atoms. The van der Waals surface area contributed by atoms with Crippen molar-refractivity contribution in [3.63, 3.8) is 0 Å². The Morgan fingerprint density at radius 1 is 0.933 bits per heavy atom. The highest BCUT2D eigenvalue weighted by molar-refractivity contribution is 5.81. The van der Waals surface area contributed by atoms with Crippen LogP contribution in [0.15, 0.2) is 65.6 Å². The summed E-state index contributed by atoms with van der Waals surface area (Å²) in [6.45, 7) is 4.36. The monoisotopic (exact) mass is 404 g/mol. The van der Waals surface area contributed by atoms with Gasteiger partial charge in [0.1, 0.15) is 6.54 Å². The molecular formula is C24H28N4O2. The average Bonchev–Trinajstić information content (AvgIpc) is 3.02. The first-order chi connectivity index (χ1) is 14.7. The van der Waals surface area contributed by atoms with Gasteiger partial charge in [0.15, 0.2) is 0 Å². The molecular weight excluding hydrogens is 376 g/mol. The standard InChI is InChI=1S/C24H28N4O2/c29-23(19-28-24(30)22-12-5-4-11-21(22)18-25-28)27-15-7-14-26(16-17-27)13-6-10-20-8-2-1-3-9-20/h1-5,8-9,11-12,18H,6-7,10,13-17,19H2. The summed E-state index contributed by atoms with van der Waals surface area (Å²) in [6.07, 6.45) is 4.81. The normalized spacial score (nSPS) is 15.3. The van der Waals surface area contributed by atoms with Gasteiger partial charge in [-0.25, -0.2) is 4.68 Å². The van der Waals surface area contributed by atoms with Crippen LogP contribution in [-0.2, 0) is 17.8 Å². The minimum Gasteiger partial charge on any atom is -0.340 e. The van der Waals surface area contributed by atoms with E-state index in [1.165, 1.54) is 10.2 Å². The largest absolute Gasteiger partial charge is 0.340 e. The zero-order valence-corrected chi connectivity index (χ0v) is 17.2. The molecule has 2 aromatic carbocycles. The summed E-state index contributed by atoms with van der Waals surface area (Å²) in [5.74, 6) is -0.0361. The topological polar surface area (TPSA) is 58.4 Å². The van der Waals surface area contributed by atoms with Crippen molar-refractivity contribution >= 4 is 16.7 Å². The van der Waals surface area contributed by atoms with Gasteiger partial charge >= 0.3 is 0 Å². The molecule has 0 atom stereocenters. The zero-order valence-electron chi connectivity index (χ0n) is 17.2. The van der Waals surface area contributed by atoms with Gasteiger partial charge in [-0.15, -0.1) is 0 Å². The van der Waals surface area contributed by atoms with Crippen molar-refractivity contribution in [2.45, 2.75) is 25.8 Å². The Morgan fingerprint density at radius 2 is 1.73 bits per heavy atom. The van der Waals surface area contributed by atoms with Crippen molar-refractivity contribution in [2.75, 3.05) is 32.7 Å². The number of aryl methyl sites for hydroxylation is 1. The lowest BCUT2D eigenvalue weighted by Gasteiger charge is -2.22. The Hall–Kier alpha value is -2.99. The van der Waals surface area contributed by atoms with Gasteiger partial charge in [-0.2, -0.15) is 5.10 Å². The van der Waals surface area contributed by atoms with Gasteiger partial charge < -0.3 is 9.80 Å². The first kappa shape index (κ1) is 20.3. The van der Waals surface area contributed by atoms with Crippen molar-refractivity contribution in [1.29, 1.82) is 0 Å². The summed E-state index contributed by atoms with van der Waals surface area (Å²) in [5.41, 5.74) is 1.16. The molecule has 6 nitrogen and oxygen atoms in total. The number of fused-ring (bicyclic) bond motifs is 1. The maximum absolute atomic E-state index is 12.8. The Kier molecular flexibility index (Phi) is 6.54. The fourth-order valence-corrected chi connectivity index (χ4v) is 4.06. The number of rotatable bonds is 6. The number of amides is 1. The van der Waals surface area contributed by atoms with Crippen LogP contribution in [0.1, 0.15) is 18.4 Å². The summed E-state index contributed by atoms with van der Waals surface area (Å²) in [6, 6.07) is 17.9. The van der Waals surface area contributed by atoms with Crippen LogP contribution in [0.25, 0.3) is 10.8 Å². The number of carbonyl (C=O) groups excluding carboxylic acids is 1. The second-order valence-corrected chi connectivity index (χ2v) is 7.86. The van der Waals surface area contributed by atoms with Crippen molar-refractivity contribution < 1.29 is 4.79 Å². The van der Waals surface area contributed by atoms with E-state index in [0.29, 0.717) is 11.9 Å². The first-order valence-electron chi connectivity index (χ1n) is 10.7. The van der Waals surface area contributed by atoms with Crippen LogP contribution in [0.4, 0.5) is 0 Å². The lowest BCUT2D eigenvalue weighted by atomic mass is 10.1. The molecule has 0 unspecified atom stereocenters. The molecule has 2 heterocycles. The van der Waals surface area contributed by atoms with E-state index in [-0.39, 0.29) is 18.0 Å². The summed E-state index contributed by atoms with van der Waals surface area (Å²) < 4.78 is 1.28. The van der Waals surface area contributed by atoms with E-state index >= 15 is 0 Å². The molecule has 0 aliphatic carbocycles. The molecule has 4 rings (SSSR count). The molecule has 6 heteroatoms. The quantitative estimate of drug-likeness (QED) is 0.634. The molecule has 0 saturated carbocycles. The minimum atomic E-state index is -0.209. The maximum atomic E-state index is 12.8. The third-order valence-electron chi connectivity index (χ3n) is 5.77. The summed E-state index contributed by atoms with van der Waals surface area (Å²) >= 11 is 0. The second-order valence-electron chi connectivity index (χ2n) is 7.86. The smallest absolute Gasteiger partial charge is 0.275 e. The van der Waals surface area contributed by atoms with Gasteiger partial charge in [-0.1, -0.05) is 48.5 Å². The average molecular weight is 405 g/mol. The van der Waals surface area contributed by atoms with Crippen molar-refractivity contribution in [3.8, 4) is 0 Å². The van der Waals surface area contributed by atoms with Crippen LogP contribution in [-0.4, -0.2) is 58.2 Å². The molecule has 156 valence electrons.